The number of rotatable bonds is 4. The molecule has 0 aliphatic carbocycles. The maximum absolute atomic E-state index is 12.0. The molecule has 1 aromatic heterocycles. The summed E-state index contributed by atoms with van der Waals surface area (Å²) in [6.45, 7) is 5.76. The Morgan fingerprint density at radius 3 is 2.75 bits per heavy atom. The maximum Gasteiger partial charge on any atom is 0.246 e. The number of nitrogens with zero attached hydrogens (tertiary/aromatic N) is 4. The number of hydrogen-bond acceptors (Lipinski definition) is 5. The minimum absolute atomic E-state index is 0.00148. The molecule has 1 saturated heterocycles. The molecule has 1 atom stereocenters. The van der Waals surface area contributed by atoms with Crippen molar-refractivity contribution in [3.63, 3.8) is 0 Å². The minimum Gasteiger partial charge on any atom is -0.384 e. The molecule has 0 spiro atoms. The van der Waals surface area contributed by atoms with E-state index in [-0.39, 0.29) is 11.9 Å². The summed E-state index contributed by atoms with van der Waals surface area (Å²) in [5, 5.41) is 0. The zero-order valence-electron chi connectivity index (χ0n) is 15.9. The molecule has 0 unspecified atom stereocenters. The number of benzene rings is 1. The molecule has 6 nitrogen and oxygen atoms in total. The average Bonchev–Trinajstić information content (AvgIpc) is 3.15. The van der Waals surface area contributed by atoms with Crippen molar-refractivity contribution in [3.8, 4) is 11.3 Å². The Hall–Kier alpha value is -3.28. The van der Waals surface area contributed by atoms with Gasteiger partial charge in [0.1, 0.15) is 5.82 Å². The van der Waals surface area contributed by atoms with Crippen LogP contribution in [-0.4, -0.2) is 46.5 Å². The zero-order valence-corrected chi connectivity index (χ0v) is 15.9. The van der Waals surface area contributed by atoms with Crippen LogP contribution in [0.3, 0.4) is 0 Å². The van der Waals surface area contributed by atoms with Crippen LogP contribution in [0, 0.1) is 0 Å². The van der Waals surface area contributed by atoms with Crippen LogP contribution in [0.2, 0.25) is 0 Å². The lowest BCUT2D eigenvalue weighted by Gasteiger charge is -2.37. The number of piperidine rings is 1. The van der Waals surface area contributed by atoms with Crippen molar-refractivity contribution in [1.82, 2.24) is 14.8 Å². The standard InChI is InChI=1S/C22H25N5O/c1-2-22(28)25-12-6-9-19(14-25)26-15-21(23)27(16-26)18-10-11-20(24-13-18)17-7-4-3-5-8-17/h2-5,7-8,10-11,13,15,19H,1,6,9,12,14,16,23H2/t19-/m1/s1. The monoisotopic (exact) mass is 375 g/mol. The Kier molecular flexibility index (Phi) is 5.02. The summed E-state index contributed by atoms with van der Waals surface area (Å²) in [6.07, 6.45) is 7.27. The van der Waals surface area contributed by atoms with Crippen molar-refractivity contribution in [3.05, 3.63) is 73.3 Å². The minimum atomic E-state index is -0.00148. The fraction of sp³-hybridized carbons (Fsp3) is 0.273. The number of anilines is 1. The molecule has 1 fully saturated rings. The van der Waals surface area contributed by atoms with E-state index in [1.54, 1.807) is 0 Å². The molecule has 0 radical (unpaired) electrons. The lowest BCUT2D eigenvalue weighted by atomic mass is 10.0. The fourth-order valence-electron chi connectivity index (χ4n) is 3.86. The van der Waals surface area contributed by atoms with Crippen LogP contribution in [0.15, 0.2) is 73.3 Å². The third-order valence-corrected chi connectivity index (χ3v) is 5.40. The Morgan fingerprint density at radius 2 is 2.04 bits per heavy atom. The van der Waals surface area contributed by atoms with E-state index in [4.69, 9.17) is 5.73 Å². The summed E-state index contributed by atoms with van der Waals surface area (Å²) in [6, 6.07) is 14.4. The van der Waals surface area contributed by atoms with Gasteiger partial charge in [-0.3, -0.25) is 9.78 Å². The Morgan fingerprint density at radius 1 is 1.21 bits per heavy atom. The largest absolute Gasteiger partial charge is 0.384 e. The van der Waals surface area contributed by atoms with Crippen LogP contribution in [0.1, 0.15) is 12.8 Å². The van der Waals surface area contributed by atoms with Gasteiger partial charge in [0.05, 0.1) is 24.2 Å². The Labute approximate surface area is 165 Å². The van der Waals surface area contributed by atoms with E-state index in [0.717, 1.165) is 36.3 Å². The highest BCUT2D eigenvalue weighted by Gasteiger charge is 2.30. The average molecular weight is 375 g/mol. The van der Waals surface area contributed by atoms with Gasteiger partial charge in [-0.15, -0.1) is 0 Å². The molecule has 2 aliphatic heterocycles. The number of carbonyl (C=O) groups is 1. The van der Waals surface area contributed by atoms with Crippen LogP contribution in [0.4, 0.5) is 5.69 Å². The molecular weight excluding hydrogens is 350 g/mol. The molecule has 0 bridgehead atoms. The molecule has 3 heterocycles. The van der Waals surface area contributed by atoms with E-state index in [1.165, 1.54) is 6.08 Å². The van der Waals surface area contributed by atoms with Crippen molar-refractivity contribution < 1.29 is 4.79 Å². The number of carbonyl (C=O) groups excluding carboxylic acids is 1. The SMILES string of the molecule is C=CC(=O)N1CCC[C@@H](N2C=C(N)N(c3ccc(-c4ccccc4)nc3)C2)C1. The van der Waals surface area contributed by atoms with Crippen LogP contribution in [0.25, 0.3) is 11.3 Å². The van der Waals surface area contributed by atoms with E-state index in [9.17, 15) is 4.79 Å². The molecule has 2 N–H and O–H groups in total. The molecule has 1 amide bonds. The third kappa shape index (κ3) is 3.58. The number of likely N-dealkylation sites (tertiary alicyclic amines) is 1. The van der Waals surface area contributed by atoms with E-state index >= 15 is 0 Å². The van der Waals surface area contributed by atoms with Gasteiger partial charge in [-0.05, 0) is 31.1 Å². The van der Waals surface area contributed by atoms with E-state index < -0.39 is 0 Å². The highest BCUT2D eigenvalue weighted by Crippen LogP contribution is 2.27. The van der Waals surface area contributed by atoms with Gasteiger partial charge in [-0.25, -0.2) is 0 Å². The molecule has 2 aliphatic rings. The zero-order chi connectivity index (χ0) is 19.5. The molecule has 4 rings (SSSR count). The summed E-state index contributed by atoms with van der Waals surface area (Å²) < 4.78 is 0. The topological polar surface area (TPSA) is 65.7 Å². The van der Waals surface area contributed by atoms with Crippen LogP contribution >= 0.6 is 0 Å². The third-order valence-electron chi connectivity index (χ3n) is 5.40. The number of nitrogens with two attached hydrogens (primary N) is 1. The molecule has 1 aromatic carbocycles. The van der Waals surface area contributed by atoms with Crippen molar-refractivity contribution in [2.45, 2.75) is 18.9 Å². The van der Waals surface area contributed by atoms with E-state index in [2.05, 4.69) is 21.4 Å². The summed E-state index contributed by atoms with van der Waals surface area (Å²) in [4.78, 5) is 22.7. The first kappa shape index (κ1) is 18.1. The van der Waals surface area contributed by atoms with E-state index in [1.807, 2.05) is 59.8 Å². The molecule has 28 heavy (non-hydrogen) atoms. The maximum atomic E-state index is 12.0. The quantitative estimate of drug-likeness (QED) is 0.833. The number of aromatic nitrogens is 1. The molecule has 144 valence electrons. The van der Waals surface area contributed by atoms with Gasteiger partial charge in [-0.2, -0.15) is 0 Å². The molecule has 6 heteroatoms. The number of hydrogen-bond donors (Lipinski definition) is 1. The first-order valence-electron chi connectivity index (χ1n) is 9.59. The van der Waals surface area contributed by atoms with Gasteiger partial charge in [-0.1, -0.05) is 36.9 Å². The summed E-state index contributed by atoms with van der Waals surface area (Å²) >= 11 is 0. The smallest absolute Gasteiger partial charge is 0.246 e. The summed E-state index contributed by atoms with van der Waals surface area (Å²) in [5.74, 6) is 0.694. The van der Waals surface area contributed by atoms with Gasteiger partial charge in [0.2, 0.25) is 5.91 Å². The van der Waals surface area contributed by atoms with Gasteiger partial charge < -0.3 is 20.4 Å². The van der Waals surface area contributed by atoms with Crippen molar-refractivity contribution >= 4 is 11.6 Å². The van der Waals surface area contributed by atoms with Gasteiger partial charge in [0, 0.05) is 30.9 Å². The van der Waals surface area contributed by atoms with Crippen LogP contribution in [0.5, 0.6) is 0 Å². The second-order valence-electron chi connectivity index (χ2n) is 7.19. The Balaban J connectivity index is 1.45. The summed E-state index contributed by atoms with van der Waals surface area (Å²) in [5.41, 5.74) is 9.29. The molecule has 2 aromatic rings. The normalized spacial score (nSPS) is 19.5. The predicted molar refractivity (Wildman–Crippen MR) is 111 cm³/mol. The second-order valence-corrected chi connectivity index (χ2v) is 7.19. The number of amides is 1. The highest BCUT2D eigenvalue weighted by molar-refractivity contribution is 5.87. The number of pyridine rings is 1. The first-order valence-corrected chi connectivity index (χ1v) is 9.59. The van der Waals surface area contributed by atoms with Crippen LogP contribution in [-0.2, 0) is 4.79 Å². The second kappa shape index (κ2) is 7.76. The van der Waals surface area contributed by atoms with Crippen molar-refractivity contribution in [1.29, 1.82) is 0 Å². The van der Waals surface area contributed by atoms with Crippen molar-refractivity contribution in [2.75, 3.05) is 24.7 Å². The Bertz CT molecular complexity index is 878. The summed E-state index contributed by atoms with van der Waals surface area (Å²) in [7, 11) is 0. The van der Waals surface area contributed by atoms with Crippen LogP contribution < -0.4 is 10.6 Å². The fourth-order valence-corrected chi connectivity index (χ4v) is 3.86. The van der Waals surface area contributed by atoms with Gasteiger partial charge >= 0.3 is 0 Å². The van der Waals surface area contributed by atoms with Crippen molar-refractivity contribution in [2.24, 2.45) is 5.73 Å². The lowest BCUT2D eigenvalue weighted by molar-refractivity contribution is -0.127. The van der Waals surface area contributed by atoms with E-state index in [0.29, 0.717) is 19.0 Å². The molecule has 0 saturated carbocycles. The predicted octanol–water partition coefficient (Wildman–Crippen LogP) is 2.76. The molecular formula is C22H25N5O. The highest BCUT2D eigenvalue weighted by atomic mass is 16.2. The first-order chi connectivity index (χ1) is 13.7. The van der Waals surface area contributed by atoms with Gasteiger partial charge in [0.25, 0.3) is 0 Å². The lowest BCUT2D eigenvalue weighted by Crippen LogP contribution is -2.48. The van der Waals surface area contributed by atoms with Gasteiger partial charge in [0.15, 0.2) is 0 Å².